The van der Waals surface area contributed by atoms with E-state index in [0.29, 0.717) is 17.7 Å². The third-order valence-electron chi connectivity index (χ3n) is 6.62. The Kier molecular flexibility index (Phi) is 8.19. The maximum atomic E-state index is 14.0. The highest BCUT2D eigenvalue weighted by Gasteiger charge is 2.32. The van der Waals surface area contributed by atoms with Crippen molar-refractivity contribution in [2.24, 2.45) is 17.8 Å². The predicted molar refractivity (Wildman–Crippen MR) is 132 cm³/mol. The van der Waals surface area contributed by atoms with Gasteiger partial charge in [0.05, 0.1) is 18.3 Å². The zero-order chi connectivity index (χ0) is 24.8. The fourth-order valence-electron chi connectivity index (χ4n) is 4.29. The molecular weight excluding hydrogens is 429 g/mol. The summed E-state index contributed by atoms with van der Waals surface area (Å²) in [4.78, 5) is 27.9. The van der Waals surface area contributed by atoms with Gasteiger partial charge in [0.25, 0.3) is 0 Å². The summed E-state index contributed by atoms with van der Waals surface area (Å²) in [6.07, 6.45) is 10.9. The zero-order valence-corrected chi connectivity index (χ0v) is 20.5. The molecule has 1 aliphatic carbocycles. The SMILES string of the molecule is CC(=O)[C@H](CN(C)C1=CC=C=CC=C1C)C(C)C(C)C(=O)c1cnn(Cc2ccccc2F)c1. The second-order valence-corrected chi connectivity index (χ2v) is 9.03. The molecule has 0 amide bonds. The van der Waals surface area contributed by atoms with Crippen LogP contribution in [0.4, 0.5) is 4.39 Å². The van der Waals surface area contributed by atoms with E-state index in [1.807, 2.05) is 52.1 Å². The topological polar surface area (TPSA) is 55.2 Å². The first-order valence-corrected chi connectivity index (χ1v) is 11.5. The molecule has 34 heavy (non-hydrogen) atoms. The quantitative estimate of drug-likeness (QED) is 0.360. The van der Waals surface area contributed by atoms with Crippen molar-refractivity contribution in [2.75, 3.05) is 13.6 Å². The lowest BCUT2D eigenvalue weighted by molar-refractivity contribution is -0.123. The Hall–Kier alpha value is -3.50. The Morgan fingerprint density at radius 2 is 1.88 bits per heavy atom. The highest BCUT2D eigenvalue weighted by Crippen LogP contribution is 2.28. The molecule has 0 fully saturated rings. The summed E-state index contributed by atoms with van der Waals surface area (Å²) in [5.41, 5.74) is 6.15. The van der Waals surface area contributed by atoms with Crippen LogP contribution < -0.4 is 0 Å². The molecule has 0 spiro atoms. The molecule has 3 rings (SSSR count). The maximum Gasteiger partial charge on any atom is 0.169 e. The van der Waals surface area contributed by atoms with Gasteiger partial charge in [0, 0.05) is 42.9 Å². The van der Waals surface area contributed by atoms with E-state index < -0.39 is 0 Å². The van der Waals surface area contributed by atoms with Crippen LogP contribution in [0.1, 0.15) is 43.6 Å². The fourth-order valence-corrected chi connectivity index (χ4v) is 4.29. The van der Waals surface area contributed by atoms with Crippen molar-refractivity contribution in [1.29, 1.82) is 0 Å². The zero-order valence-electron chi connectivity index (χ0n) is 20.5. The Morgan fingerprint density at radius 1 is 1.18 bits per heavy atom. The minimum atomic E-state index is -0.380. The van der Waals surface area contributed by atoms with Crippen molar-refractivity contribution < 1.29 is 14.0 Å². The average Bonchev–Trinajstić information content (AvgIpc) is 3.17. The van der Waals surface area contributed by atoms with Gasteiger partial charge in [0.2, 0.25) is 0 Å². The minimum absolute atomic E-state index is 0.0544. The van der Waals surface area contributed by atoms with E-state index in [0.717, 1.165) is 11.3 Å². The molecule has 1 aromatic carbocycles. The van der Waals surface area contributed by atoms with Gasteiger partial charge in [-0.2, -0.15) is 5.10 Å². The number of likely N-dealkylation sites (N-methyl/N-ethyl adjacent to an activating group) is 1. The number of ketones is 2. The Bertz CT molecular complexity index is 1180. The highest BCUT2D eigenvalue weighted by molar-refractivity contribution is 5.97. The summed E-state index contributed by atoms with van der Waals surface area (Å²) >= 11 is 0. The van der Waals surface area contributed by atoms with Crippen molar-refractivity contribution in [3.8, 4) is 0 Å². The van der Waals surface area contributed by atoms with Crippen LogP contribution >= 0.6 is 0 Å². The minimum Gasteiger partial charge on any atom is -0.374 e. The number of halogens is 1. The Balaban J connectivity index is 1.71. The normalized spacial score (nSPS) is 15.7. The molecule has 3 atom stereocenters. The molecule has 5 nitrogen and oxygen atoms in total. The second kappa shape index (κ2) is 11.1. The second-order valence-electron chi connectivity index (χ2n) is 9.03. The van der Waals surface area contributed by atoms with Crippen LogP contribution in [0.3, 0.4) is 0 Å². The van der Waals surface area contributed by atoms with Crippen LogP contribution in [0, 0.1) is 23.6 Å². The van der Waals surface area contributed by atoms with Crippen LogP contribution in [0.15, 0.2) is 78.0 Å². The fraction of sp³-hybridized carbons (Fsp3) is 0.357. The summed E-state index contributed by atoms with van der Waals surface area (Å²) in [5, 5.41) is 4.25. The largest absolute Gasteiger partial charge is 0.374 e. The monoisotopic (exact) mass is 461 g/mol. The number of hydrogen-bond acceptors (Lipinski definition) is 4. The summed E-state index contributed by atoms with van der Waals surface area (Å²) < 4.78 is 15.5. The van der Waals surface area contributed by atoms with Crippen molar-refractivity contribution >= 4 is 11.6 Å². The number of Topliss-reactive ketones (excluding diaryl/α,β-unsaturated/α-hetero) is 2. The van der Waals surface area contributed by atoms with E-state index >= 15 is 0 Å². The predicted octanol–water partition coefficient (Wildman–Crippen LogP) is 5.22. The van der Waals surface area contributed by atoms with Gasteiger partial charge >= 0.3 is 0 Å². The van der Waals surface area contributed by atoms with Crippen LogP contribution in [0.5, 0.6) is 0 Å². The number of carbonyl (C=O) groups excluding carboxylic acids is 2. The van der Waals surface area contributed by atoms with E-state index in [1.165, 1.54) is 12.3 Å². The number of allylic oxidation sites excluding steroid dienone is 4. The van der Waals surface area contributed by atoms with Gasteiger partial charge < -0.3 is 4.90 Å². The van der Waals surface area contributed by atoms with Crippen LogP contribution in [0.2, 0.25) is 0 Å². The third-order valence-corrected chi connectivity index (χ3v) is 6.62. The van der Waals surface area contributed by atoms with Crippen molar-refractivity contribution in [2.45, 2.75) is 34.2 Å². The molecule has 0 aliphatic heterocycles. The summed E-state index contributed by atoms with van der Waals surface area (Å²) in [7, 11) is 1.96. The molecule has 0 saturated carbocycles. The van der Waals surface area contributed by atoms with Gasteiger partial charge in [-0.05, 0) is 55.7 Å². The van der Waals surface area contributed by atoms with Gasteiger partial charge in [-0.1, -0.05) is 32.0 Å². The van der Waals surface area contributed by atoms with Gasteiger partial charge in [-0.25, -0.2) is 4.39 Å². The van der Waals surface area contributed by atoms with E-state index in [-0.39, 0.29) is 41.7 Å². The third kappa shape index (κ3) is 5.89. The molecular formula is C28H32FN3O2. The molecule has 6 heteroatoms. The molecule has 178 valence electrons. The molecule has 2 aromatic rings. The molecule has 1 heterocycles. The van der Waals surface area contributed by atoms with Crippen LogP contribution in [-0.4, -0.2) is 39.8 Å². The average molecular weight is 462 g/mol. The lowest BCUT2D eigenvalue weighted by Crippen LogP contribution is -2.37. The van der Waals surface area contributed by atoms with Gasteiger partial charge in [0.15, 0.2) is 5.78 Å². The molecule has 0 bridgehead atoms. The van der Waals surface area contributed by atoms with Crippen molar-refractivity contribution in [3.05, 3.63) is 94.9 Å². The summed E-state index contributed by atoms with van der Waals surface area (Å²) in [6, 6.07) is 6.51. The number of hydrogen-bond donors (Lipinski definition) is 0. The van der Waals surface area contributed by atoms with Gasteiger partial charge in [0.1, 0.15) is 11.6 Å². The van der Waals surface area contributed by atoms with E-state index in [9.17, 15) is 14.0 Å². The molecule has 1 aromatic heterocycles. The molecule has 0 N–H and O–H groups in total. The van der Waals surface area contributed by atoms with Crippen molar-refractivity contribution in [1.82, 2.24) is 14.7 Å². The van der Waals surface area contributed by atoms with E-state index in [1.54, 1.807) is 36.0 Å². The van der Waals surface area contributed by atoms with E-state index in [2.05, 4.69) is 15.7 Å². The Morgan fingerprint density at radius 3 is 2.59 bits per heavy atom. The number of benzene rings is 1. The summed E-state index contributed by atoms with van der Waals surface area (Å²) in [6.45, 7) is 8.18. The standard InChI is InChI=1S/C28H32FN3O2/c1-19-11-7-6-8-14-27(19)31(5)18-25(22(4)33)20(2)21(3)28(34)24-15-30-32(17-24)16-23-12-9-10-13-26(23)29/h7-15,17,20-21,25H,16,18H2,1-5H3/t20?,21?,25-/m1/s1. The molecule has 1 aliphatic rings. The van der Waals surface area contributed by atoms with Gasteiger partial charge in [-0.3, -0.25) is 14.3 Å². The highest BCUT2D eigenvalue weighted by atomic mass is 19.1. The number of nitrogens with zero attached hydrogens (tertiary/aromatic N) is 3. The Labute approximate surface area is 201 Å². The summed E-state index contributed by atoms with van der Waals surface area (Å²) in [5.74, 6) is -1.19. The number of aromatic nitrogens is 2. The molecule has 0 radical (unpaired) electrons. The maximum absolute atomic E-state index is 14.0. The van der Waals surface area contributed by atoms with Crippen molar-refractivity contribution in [3.63, 3.8) is 0 Å². The lowest BCUT2D eigenvalue weighted by Gasteiger charge is -2.32. The van der Waals surface area contributed by atoms with Gasteiger partial charge in [-0.15, -0.1) is 5.73 Å². The number of rotatable bonds is 10. The lowest BCUT2D eigenvalue weighted by atomic mass is 9.78. The first kappa shape index (κ1) is 25.1. The number of carbonyl (C=O) groups is 2. The van der Waals surface area contributed by atoms with Crippen LogP contribution in [0.25, 0.3) is 0 Å². The molecule has 2 unspecified atom stereocenters. The van der Waals surface area contributed by atoms with Crippen LogP contribution in [-0.2, 0) is 11.3 Å². The molecule has 0 saturated heterocycles. The van der Waals surface area contributed by atoms with E-state index in [4.69, 9.17) is 0 Å². The smallest absolute Gasteiger partial charge is 0.169 e. The first-order chi connectivity index (χ1) is 16.2. The first-order valence-electron chi connectivity index (χ1n) is 11.5.